The Balaban J connectivity index is 2.92. The molecule has 0 amide bonds. The van der Waals surface area contributed by atoms with E-state index in [0.717, 1.165) is 6.26 Å². The Bertz CT molecular complexity index is 475. The molecular weight excluding hydrogens is 244 g/mol. The van der Waals surface area contributed by atoms with E-state index in [0.29, 0.717) is 5.56 Å². The van der Waals surface area contributed by atoms with Crippen LogP contribution in [0.2, 0.25) is 0 Å². The molecule has 0 fully saturated rings. The molecule has 0 aromatic carbocycles. The van der Waals surface area contributed by atoms with Gasteiger partial charge in [0, 0.05) is 18.5 Å². The van der Waals surface area contributed by atoms with Crippen molar-refractivity contribution in [3.8, 4) is 0 Å². The predicted molar refractivity (Wildman–Crippen MR) is 62.0 cm³/mol. The number of aromatic nitrogens is 1. The smallest absolute Gasteiger partial charge is 0.192 e. The molecule has 0 unspecified atom stereocenters. The number of pyridine rings is 1. The van der Waals surface area contributed by atoms with Crippen LogP contribution in [-0.4, -0.2) is 42.6 Å². The van der Waals surface area contributed by atoms with E-state index < -0.39 is 22.0 Å². The Morgan fingerprint density at radius 3 is 2.71 bits per heavy atom. The molecule has 2 atom stereocenters. The van der Waals surface area contributed by atoms with E-state index in [9.17, 15) is 13.5 Å². The van der Waals surface area contributed by atoms with Crippen LogP contribution in [0.15, 0.2) is 23.4 Å². The molecule has 1 aromatic heterocycles. The maximum absolute atomic E-state index is 11.3. The van der Waals surface area contributed by atoms with Gasteiger partial charge in [-0.2, -0.15) is 0 Å². The highest BCUT2D eigenvalue weighted by atomic mass is 32.2. The van der Waals surface area contributed by atoms with E-state index in [1.165, 1.54) is 12.3 Å². The highest BCUT2D eigenvalue weighted by Gasteiger charge is 2.15. The van der Waals surface area contributed by atoms with E-state index in [-0.39, 0.29) is 18.1 Å². The predicted octanol–water partition coefficient (Wildman–Crippen LogP) is -0.772. The Hall–Kier alpha value is -1.02. The molecule has 0 aliphatic carbocycles. The van der Waals surface area contributed by atoms with Crippen LogP contribution < -0.4 is 5.73 Å². The van der Waals surface area contributed by atoms with Crippen LogP contribution in [0.25, 0.3) is 0 Å². The molecule has 17 heavy (non-hydrogen) atoms. The Morgan fingerprint density at radius 1 is 1.53 bits per heavy atom. The van der Waals surface area contributed by atoms with E-state index in [4.69, 9.17) is 10.8 Å². The minimum absolute atomic E-state index is 0.0519. The van der Waals surface area contributed by atoms with Crippen molar-refractivity contribution in [3.05, 3.63) is 23.9 Å². The summed E-state index contributed by atoms with van der Waals surface area (Å²) in [6.07, 6.45) is 1.66. The lowest BCUT2D eigenvalue weighted by molar-refractivity contribution is 0.0826. The summed E-state index contributed by atoms with van der Waals surface area (Å²) < 4.78 is 22.6. The molecule has 0 radical (unpaired) electrons. The fraction of sp³-hybridized carbons (Fsp3) is 0.500. The summed E-state index contributed by atoms with van der Waals surface area (Å²) >= 11 is 0. The van der Waals surface area contributed by atoms with Gasteiger partial charge in [-0.25, -0.2) is 13.4 Å². The molecule has 0 saturated heterocycles. The number of sulfone groups is 1. The highest BCUT2D eigenvalue weighted by molar-refractivity contribution is 7.90. The molecule has 7 heteroatoms. The van der Waals surface area contributed by atoms with Crippen molar-refractivity contribution in [2.24, 2.45) is 5.73 Å². The summed E-state index contributed by atoms with van der Waals surface area (Å²) in [5.41, 5.74) is 6.35. The van der Waals surface area contributed by atoms with Crippen LogP contribution in [0.5, 0.6) is 0 Å². The SMILES string of the molecule is CS(=O)(=O)c1cc([C@@H](N)C[C@H](O)CO)ccn1. The summed E-state index contributed by atoms with van der Waals surface area (Å²) in [5.74, 6) is 0. The molecule has 0 bridgehead atoms. The Labute approximate surface area is 100 Å². The van der Waals surface area contributed by atoms with Gasteiger partial charge in [0.1, 0.15) is 0 Å². The maximum Gasteiger partial charge on any atom is 0.192 e. The lowest BCUT2D eigenvalue weighted by Crippen LogP contribution is -2.21. The van der Waals surface area contributed by atoms with E-state index in [1.54, 1.807) is 6.07 Å². The van der Waals surface area contributed by atoms with Crippen molar-refractivity contribution in [2.75, 3.05) is 12.9 Å². The minimum atomic E-state index is -3.37. The van der Waals surface area contributed by atoms with Gasteiger partial charge < -0.3 is 15.9 Å². The number of nitrogens with zero attached hydrogens (tertiary/aromatic N) is 1. The third-order valence-electron chi connectivity index (χ3n) is 2.30. The Morgan fingerprint density at radius 2 is 2.18 bits per heavy atom. The van der Waals surface area contributed by atoms with Gasteiger partial charge in [-0.3, -0.25) is 0 Å². The van der Waals surface area contributed by atoms with Crippen molar-refractivity contribution in [3.63, 3.8) is 0 Å². The standard InChI is InChI=1S/C10H16N2O4S/c1-17(15,16)10-4-7(2-3-12-10)9(11)5-8(14)6-13/h2-4,8-9,13-14H,5-6,11H2,1H3/t8-,9-/m0/s1. The summed E-state index contributed by atoms with van der Waals surface area (Å²) in [4.78, 5) is 3.74. The molecule has 1 aromatic rings. The van der Waals surface area contributed by atoms with Crippen LogP contribution in [0.1, 0.15) is 18.0 Å². The largest absolute Gasteiger partial charge is 0.394 e. The fourth-order valence-electron chi connectivity index (χ4n) is 1.36. The second-order valence-electron chi connectivity index (χ2n) is 3.88. The molecular formula is C10H16N2O4S. The molecule has 1 heterocycles. The van der Waals surface area contributed by atoms with E-state index in [1.807, 2.05) is 0 Å². The van der Waals surface area contributed by atoms with Gasteiger partial charge >= 0.3 is 0 Å². The summed E-state index contributed by atoms with van der Waals surface area (Å²) in [6.45, 7) is -0.377. The first-order chi connectivity index (χ1) is 7.84. The molecule has 0 saturated carbocycles. The molecule has 96 valence electrons. The third kappa shape index (κ3) is 4.04. The molecule has 1 rings (SSSR count). The van der Waals surface area contributed by atoms with Crippen molar-refractivity contribution < 1.29 is 18.6 Å². The quantitative estimate of drug-likeness (QED) is 0.640. The van der Waals surface area contributed by atoms with Crippen LogP contribution in [0.4, 0.5) is 0 Å². The van der Waals surface area contributed by atoms with Crippen LogP contribution in [0.3, 0.4) is 0 Å². The molecule has 6 nitrogen and oxygen atoms in total. The first-order valence-corrected chi connectivity index (χ1v) is 6.94. The summed E-state index contributed by atoms with van der Waals surface area (Å²) in [6, 6.07) is 2.42. The van der Waals surface area contributed by atoms with Gasteiger partial charge in [0.05, 0.1) is 12.7 Å². The first-order valence-electron chi connectivity index (χ1n) is 5.05. The van der Waals surface area contributed by atoms with Crippen molar-refractivity contribution in [1.29, 1.82) is 0 Å². The van der Waals surface area contributed by atoms with Gasteiger partial charge in [-0.05, 0) is 24.1 Å². The van der Waals surface area contributed by atoms with Crippen LogP contribution in [0, 0.1) is 0 Å². The average Bonchev–Trinajstić information content (AvgIpc) is 2.28. The van der Waals surface area contributed by atoms with Crippen LogP contribution >= 0.6 is 0 Å². The van der Waals surface area contributed by atoms with Crippen molar-refractivity contribution in [1.82, 2.24) is 4.98 Å². The van der Waals surface area contributed by atoms with Gasteiger partial charge in [0.2, 0.25) is 0 Å². The lowest BCUT2D eigenvalue weighted by atomic mass is 10.0. The third-order valence-corrected chi connectivity index (χ3v) is 3.29. The van der Waals surface area contributed by atoms with Crippen molar-refractivity contribution >= 4 is 9.84 Å². The molecule has 0 aliphatic rings. The summed E-state index contributed by atoms with van der Waals surface area (Å²) in [7, 11) is -3.37. The number of aliphatic hydroxyl groups is 2. The Kier molecular flexibility index (Phi) is 4.58. The zero-order valence-electron chi connectivity index (χ0n) is 9.44. The number of hydrogen-bond donors (Lipinski definition) is 3. The second-order valence-corrected chi connectivity index (χ2v) is 5.84. The number of hydrogen-bond acceptors (Lipinski definition) is 6. The maximum atomic E-state index is 11.3. The van der Waals surface area contributed by atoms with Crippen molar-refractivity contribution in [2.45, 2.75) is 23.6 Å². The zero-order valence-corrected chi connectivity index (χ0v) is 10.3. The number of aliphatic hydroxyl groups excluding tert-OH is 2. The average molecular weight is 260 g/mol. The summed E-state index contributed by atoms with van der Waals surface area (Å²) in [5, 5.41) is 17.9. The molecule has 0 aliphatic heterocycles. The fourth-order valence-corrected chi connectivity index (χ4v) is 1.96. The van der Waals surface area contributed by atoms with Gasteiger partial charge in [0.15, 0.2) is 14.9 Å². The minimum Gasteiger partial charge on any atom is -0.394 e. The first kappa shape index (κ1) is 14.0. The monoisotopic (exact) mass is 260 g/mol. The number of rotatable bonds is 5. The van der Waals surface area contributed by atoms with Gasteiger partial charge in [-0.1, -0.05) is 0 Å². The van der Waals surface area contributed by atoms with Gasteiger partial charge in [-0.15, -0.1) is 0 Å². The normalized spacial score (nSPS) is 15.5. The van der Waals surface area contributed by atoms with Crippen LogP contribution in [-0.2, 0) is 9.84 Å². The van der Waals surface area contributed by atoms with Gasteiger partial charge in [0.25, 0.3) is 0 Å². The zero-order chi connectivity index (χ0) is 13.1. The number of nitrogens with two attached hydrogens (primary N) is 1. The van der Waals surface area contributed by atoms with E-state index >= 15 is 0 Å². The molecule has 0 spiro atoms. The molecule has 4 N–H and O–H groups in total. The topological polar surface area (TPSA) is 114 Å². The van der Waals surface area contributed by atoms with E-state index in [2.05, 4.69) is 4.98 Å². The lowest BCUT2D eigenvalue weighted by Gasteiger charge is -2.15. The second kappa shape index (κ2) is 5.54. The highest BCUT2D eigenvalue weighted by Crippen LogP contribution is 2.17.